The van der Waals surface area contributed by atoms with Gasteiger partial charge < -0.3 is 10.6 Å². The smallest absolute Gasteiger partial charge is 0.234 e. The van der Waals surface area contributed by atoms with Crippen LogP contribution in [0.3, 0.4) is 0 Å². The van der Waals surface area contributed by atoms with Gasteiger partial charge in [-0.15, -0.1) is 0 Å². The fourth-order valence-corrected chi connectivity index (χ4v) is 2.63. The van der Waals surface area contributed by atoms with Crippen molar-refractivity contribution in [2.24, 2.45) is 0 Å². The molecule has 2 rings (SSSR count). The van der Waals surface area contributed by atoms with Crippen molar-refractivity contribution in [2.75, 3.05) is 6.54 Å². The third-order valence-electron chi connectivity index (χ3n) is 3.84. The molecular weight excluding hydrogens is 236 g/mol. The Morgan fingerprint density at radius 1 is 1.21 bits per heavy atom. The van der Waals surface area contributed by atoms with Crippen LogP contribution in [-0.4, -0.2) is 18.5 Å². The summed E-state index contributed by atoms with van der Waals surface area (Å²) in [7, 11) is 0. The Balaban J connectivity index is 1.71. The van der Waals surface area contributed by atoms with Gasteiger partial charge in [-0.1, -0.05) is 49.6 Å². The first-order valence-electron chi connectivity index (χ1n) is 7.33. The first kappa shape index (κ1) is 14.1. The lowest BCUT2D eigenvalue weighted by atomic mass is 9.95. The van der Waals surface area contributed by atoms with E-state index in [4.69, 9.17) is 0 Å². The van der Waals surface area contributed by atoms with Gasteiger partial charge in [0, 0.05) is 12.1 Å². The van der Waals surface area contributed by atoms with Crippen molar-refractivity contribution in [3.05, 3.63) is 35.9 Å². The van der Waals surface area contributed by atoms with Gasteiger partial charge in [-0.2, -0.15) is 0 Å². The second-order valence-corrected chi connectivity index (χ2v) is 5.42. The van der Waals surface area contributed by atoms with Gasteiger partial charge in [-0.3, -0.25) is 4.79 Å². The van der Waals surface area contributed by atoms with Crippen molar-refractivity contribution in [1.29, 1.82) is 0 Å². The molecule has 0 aliphatic heterocycles. The Hall–Kier alpha value is -1.35. The van der Waals surface area contributed by atoms with Gasteiger partial charge in [0.05, 0.1) is 6.54 Å². The third kappa shape index (κ3) is 4.67. The maximum atomic E-state index is 11.9. The van der Waals surface area contributed by atoms with Gasteiger partial charge in [0.15, 0.2) is 0 Å². The topological polar surface area (TPSA) is 41.1 Å². The highest BCUT2D eigenvalue weighted by molar-refractivity contribution is 5.78. The van der Waals surface area contributed by atoms with Crippen LogP contribution in [0.5, 0.6) is 0 Å². The van der Waals surface area contributed by atoms with Crippen LogP contribution in [-0.2, 0) is 4.79 Å². The van der Waals surface area contributed by atoms with Gasteiger partial charge in [-0.25, -0.2) is 0 Å². The number of rotatable bonds is 5. The molecule has 1 saturated carbocycles. The maximum absolute atomic E-state index is 11.9. The highest BCUT2D eigenvalue weighted by atomic mass is 16.1. The Morgan fingerprint density at radius 3 is 2.58 bits per heavy atom. The van der Waals surface area contributed by atoms with E-state index < -0.39 is 0 Å². The summed E-state index contributed by atoms with van der Waals surface area (Å²) in [6, 6.07) is 10.8. The molecule has 0 heterocycles. The number of hydrogen-bond donors (Lipinski definition) is 2. The highest BCUT2D eigenvalue weighted by Crippen LogP contribution is 2.17. The molecule has 3 heteroatoms. The van der Waals surface area contributed by atoms with Crippen molar-refractivity contribution in [3.63, 3.8) is 0 Å². The van der Waals surface area contributed by atoms with Gasteiger partial charge in [-0.05, 0) is 25.3 Å². The average Bonchev–Trinajstić information content (AvgIpc) is 2.47. The summed E-state index contributed by atoms with van der Waals surface area (Å²) in [5.74, 6) is 0.120. The molecule has 0 aromatic heterocycles. The zero-order valence-electron chi connectivity index (χ0n) is 11.7. The summed E-state index contributed by atoms with van der Waals surface area (Å²) < 4.78 is 0. The molecular formula is C16H24N2O. The predicted molar refractivity (Wildman–Crippen MR) is 77.9 cm³/mol. The molecule has 0 spiro atoms. The van der Waals surface area contributed by atoms with Crippen molar-refractivity contribution < 1.29 is 4.79 Å². The van der Waals surface area contributed by atoms with E-state index in [9.17, 15) is 4.79 Å². The molecule has 0 saturated heterocycles. The predicted octanol–water partition coefficient (Wildman–Crippen LogP) is 2.79. The Morgan fingerprint density at radius 2 is 1.89 bits per heavy atom. The number of amides is 1. The second kappa shape index (κ2) is 7.29. The van der Waals surface area contributed by atoms with E-state index in [1.54, 1.807) is 0 Å². The molecule has 1 unspecified atom stereocenters. The minimum Gasteiger partial charge on any atom is -0.352 e. The van der Waals surface area contributed by atoms with E-state index >= 15 is 0 Å². The minimum absolute atomic E-state index is 0.120. The fourth-order valence-electron chi connectivity index (χ4n) is 2.63. The second-order valence-electron chi connectivity index (χ2n) is 5.42. The molecule has 1 fully saturated rings. The molecule has 19 heavy (non-hydrogen) atoms. The molecule has 1 aromatic rings. The van der Waals surface area contributed by atoms with Crippen LogP contribution in [0.4, 0.5) is 0 Å². The quantitative estimate of drug-likeness (QED) is 0.854. The van der Waals surface area contributed by atoms with E-state index in [0.717, 1.165) is 12.8 Å². The lowest BCUT2D eigenvalue weighted by molar-refractivity contribution is -0.121. The summed E-state index contributed by atoms with van der Waals surface area (Å²) in [6.45, 7) is 2.48. The van der Waals surface area contributed by atoms with Crippen LogP contribution in [0.15, 0.2) is 30.3 Å². The summed E-state index contributed by atoms with van der Waals surface area (Å²) >= 11 is 0. The standard InChI is InChI=1S/C16H24N2O/c1-13(14-8-4-2-5-9-14)17-12-16(19)18-15-10-6-3-7-11-15/h2,4-5,8-9,13,15,17H,3,6-7,10-12H2,1H3,(H,18,19). The van der Waals surface area contributed by atoms with Gasteiger partial charge in [0.25, 0.3) is 0 Å². The zero-order valence-corrected chi connectivity index (χ0v) is 11.7. The normalized spacial score (nSPS) is 17.9. The summed E-state index contributed by atoms with van der Waals surface area (Å²) in [4.78, 5) is 11.9. The number of hydrogen-bond acceptors (Lipinski definition) is 2. The first-order chi connectivity index (χ1) is 9.25. The molecule has 1 aliphatic carbocycles. The Bertz CT molecular complexity index is 385. The van der Waals surface area contributed by atoms with E-state index in [1.807, 2.05) is 18.2 Å². The van der Waals surface area contributed by atoms with E-state index in [1.165, 1.54) is 24.8 Å². The molecule has 0 bridgehead atoms. The van der Waals surface area contributed by atoms with Crippen molar-refractivity contribution in [2.45, 2.75) is 51.1 Å². The number of carbonyl (C=O) groups excluding carboxylic acids is 1. The van der Waals surface area contributed by atoms with Crippen LogP contribution in [0.1, 0.15) is 50.6 Å². The van der Waals surface area contributed by atoms with Crippen LogP contribution < -0.4 is 10.6 Å². The third-order valence-corrected chi connectivity index (χ3v) is 3.84. The van der Waals surface area contributed by atoms with Crippen molar-refractivity contribution in [1.82, 2.24) is 10.6 Å². The largest absolute Gasteiger partial charge is 0.352 e. The molecule has 3 nitrogen and oxygen atoms in total. The van der Waals surface area contributed by atoms with Crippen LogP contribution >= 0.6 is 0 Å². The SMILES string of the molecule is CC(NCC(=O)NC1CCCCC1)c1ccccc1. The molecule has 2 N–H and O–H groups in total. The first-order valence-corrected chi connectivity index (χ1v) is 7.33. The summed E-state index contributed by atoms with van der Waals surface area (Å²) in [6.07, 6.45) is 6.09. The fraction of sp³-hybridized carbons (Fsp3) is 0.562. The van der Waals surface area contributed by atoms with E-state index in [-0.39, 0.29) is 11.9 Å². The van der Waals surface area contributed by atoms with Crippen LogP contribution in [0.25, 0.3) is 0 Å². The molecule has 1 amide bonds. The average molecular weight is 260 g/mol. The van der Waals surface area contributed by atoms with Crippen LogP contribution in [0, 0.1) is 0 Å². The lowest BCUT2D eigenvalue weighted by Gasteiger charge is -2.23. The monoisotopic (exact) mass is 260 g/mol. The summed E-state index contributed by atoms with van der Waals surface area (Å²) in [5.41, 5.74) is 1.22. The maximum Gasteiger partial charge on any atom is 0.234 e. The highest BCUT2D eigenvalue weighted by Gasteiger charge is 2.15. The lowest BCUT2D eigenvalue weighted by Crippen LogP contribution is -2.41. The molecule has 1 aromatic carbocycles. The van der Waals surface area contributed by atoms with Crippen molar-refractivity contribution >= 4 is 5.91 Å². The minimum atomic E-state index is 0.120. The van der Waals surface area contributed by atoms with Gasteiger partial charge >= 0.3 is 0 Å². The van der Waals surface area contributed by atoms with Gasteiger partial charge in [0.2, 0.25) is 5.91 Å². The number of benzene rings is 1. The molecule has 1 aliphatic rings. The zero-order chi connectivity index (χ0) is 13.5. The van der Waals surface area contributed by atoms with Crippen LogP contribution in [0.2, 0.25) is 0 Å². The van der Waals surface area contributed by atoms with Gasteiger partial charge in [0.1, 0.15) is 0 Å². The molecule has 1 atom stereocenters. The van der Waals surface area contributed by atoms with E-state index in [0.29, 0.717) is 12.6 Å². The number of carbonyl (C=O) groups is 1. The number of nitrogens with one attached hydrogen (secondary N) is 2. The Labute approximate surface area is 115 Å². The summed E-state index contributed by atoms with van der Waals surface area (Å²) in [5, 5.41) is 6.40. The molecule has 0 radical (unpaired) electrons. The Kier molecular flexibility index (Phi) is 5.40. The van der Waals surface area contributed by atoms with E-state index in [2.05, 4.69) is 29.7 Å². The van der Waals surface area contributed by atoms with Crippen molar-refractivity contribution in [3.8, 4) is 0 Å². The molecule has 104 valence electrons.